The van der Waals surface area contributed by atoms with Crippen molar-refractivity contribution < 1.29 is 9.16 Å². The lowest BCUT2D eigenvalue weighted by molar-refractivity contribution is 0.148. The first-order valence-electron chi connectivity index (χ1n) is 9.15. The monoisotopic (exact) mass is 374 g/mol. The Morgan fingerprint density at radius 3 is 2.22 bits per heavy atom. The molecule has 0 aliphatic rings. The molecule has 2 rings (SSSR count). The van der Waals surface area contributed by atoms with E-state index in [1.165, 1.54) is 5.56 Å². The number of ether oxygens (including phenoxy) is 1. The van der Waals surface area contributed by atoms with Gasteiger partial charge in [0.1, 0.15) is 0 Å². The Kier molecular flexibility index (Phi) is 8.62. The summed E-state index contributed by atoms with van der Waals surface area (Å²) >= 11 is 0. The van der Waals surface area contributed by atoms with Gasteiger partial charge in [0, 0.05) is 6.10 Å². The van der Waals surface area contributed by atoms with Crippen molar-refractivity contribution in [2.24, 2.45) is 0 Å². The minimum Gasteiger partial charge on any atom is -0.390 e. The third kappa shape index (κ3) is 6.59. The van der Waals surface area contributed by atoms with Crippen molar-refractivity contribution in [1.29, 1.82) is 0 Å². The van der Waals surface area contributed by atoms with Gasteiger partial charge in [-0.25, -0.2) is 0 Å². The summed E-state index contributed by atoms with van der Waals surface area (Å²) < 4.78 is 11.8. The molecule has 0 fully saturated rings. The second-order valence-corrected chi connectivity index (χ2v) is 9.07. The quantitative estimate of drug-likeness (QED) is 0.269. The van der Waals surface area contributed by atoms with Crippen LogP contribution in [-0.4, -0.2) is 21.0 Å². The zero-order valence-corrected chi connectivity index (χ0v) is 16.8. The minimum atomic E-state index is -2.79. The van der Waals surface area contributed by atoms with Crippen LogP contribution in [0, 0.1) is 23.9 Å². The molecule has 0 aromatic heterocycles. The van der Waals surface area contributed by atoms with Crippen molar-refractivity contribution in [3.05, 3.63) is 78.4 Å². The van der Waals surface area contributed by atoms with Crippen LogP contribution in [0.25, 0.3) is 0 Å². The first kappa shape index (κ1) is 20.7. The molecule has 2 nitrogen and oxygen atoms in total. The first-order valence-corrected chi connectivity index (χ1v) is 11.1. The van der Waals surface area contributed by atoms with Crippen LogP contribution in [0.15, 0.2) is 72.8 Å². The van der Waals surface area contributed by atoms with E-state index in [1.54, 1.807) is 0 Å². The fourth-order valence-electron chi connectivity index (χ4n) is 2.71. The maximum absolute atomic E-state index is 6.21. The van der Waals surface area contributed by atoms with Crippen molar-refractivity contribution in [3.63, 3.8) is 0 Å². The van der Waals surface area contributed by atoms with Gasteiger partial charge in [-0.3, -0.25) is 0 Å². The molecule has 0 aliphatic heterocycles. The van der Waals surface area contributed by atoms with E-state index in [2.05, 4.69) is 29.3 Å². The molecular weight excluding hydrogens is 348 g/mol. The summed E-state index contributed by atoms with van der Waals surface area (Å²) in [5.41, 5.74) is 6.76. The molecular formula is C24H26O2Si. The third-order valence-corrected chi connectivity index (χ3v) is 6.91. The van der Waals surface area contributed by atoms with Gasteiger partial charge in [-0.15, -0.1) is 12.8 Å². The fourth-order valence-corrected chi connectivity index (χ4v) is 4.79. The van der Waals surface area contributed by atoms with Gasteiger partial charge < -0.3 is 9.16 Å². The molecule has 0 bridgehead atoms. The molecule has 0 heterocycles. The van der Waals surface area contributed by atoms with E-state index in [4.69, 9.17) is 22.0 Å². The molecule has 2 aromatic carbocycles. The van der Waals surface area contributed by atoms with Gasteiger partial charge in [-0.05, 0) is 30.5 Å². The molecule has 0 saturated carbocycles. The topological polar surface area (TPSA) is 18.5 Å². The number of rotatable bonds is 10. The summed E-state index contributed by atoms with van der Waals surface area (Å²) in [6.07, 6.45) is 17.4. The molecule has 0 saturated heterocycles. The number of terminal acetylenes is 2. The lowest BCUT2D eigenvalue weighted by Crippen LogP contribution is -2.51. The summed E-state index contributed by atoms with van der Waals surface area (Å²) in [6, 6.07) is 19.9. The highest BCUT2D eigenvalue weighted by molar-refractivity contribution is 6.99. The van der Waals surface area contributed by atoms with Crippen molar-refractivity contribution in [2.75, 3.05) is 6.61 Å². The van der Waals surface area contributed by atoms with E-state index in [-0.39, 0.29) is 6.10 Å². The van der Waals surface area contributed by atoms with Crippen LogP contribution in [0.4, 0.5) is 0 Å². The molecule has 0 unspecified atom stereocenters. The molecule has 138 valence electrons. The molecule has 0 amide bonds. The van der Waals surface area contributed by atoms with E-state index >= 15 is 0 Å². The highest BCUT2D eigenvalue weighted by atomic mass is 28.4. The standard InChI is InChI=1S/C24H26O2Si/c1-4-27(5-2,24-18-12-7-13-19-24)26-22(3)15-9-8-14-20-25-21-23-16-10-6-11-17-23/h1-2,6-8,10-14,16-19,22H,9,15,20-21H2,3H3/b14-8+/t22-/m0/s1. The molecule has 0 N–H and O–H groups in total. The Hall–Kier alpha value is -2.56. The van der Waals surface area contributed by atoms with Gasteiger partial charge in [0.2, 0.25) is 0 Å². The highest BCUT2D eigenvalue weighted by Gasteiger charge is 2.35. The Morgan fingerprint density at radius 2 is 1.59 bits per heavy atom. The third-order valence-electron chi connectivity index (χ3n) is 4.20. The Balaban J connectivity index is 1.74. The van der Waals surface area contributed by atoms with Gasteiger partial charge in [0.25, 0.3) is 0 Å². The lowest BCUT2D eigenvalue weighted by atomic mass is 10.2. The van der Waals surface area contributed by atoms with E-state index in [0.29, 0.717) is 13.2 Å². The number of benzene rings is 2. The van der Waals surface area contributed by atoms with Crippen LogP contribution >= 0.6 is 0 Å². The summed E-state index contributed by atoms with van der Waals surface area (Å²) in [5, 5.41) is 0.951. The fraction of sp³-hybridized carbons (Fsp3) is 0.250. The number of allylic oxidation sites excluding steroid dienone is 1. The van der Waals surface area contributed by atoms with Gasteiger partial charge in [0.05, 0.1) is 13.2 Å². The van der Waals surface area contributed by atoms with Crippen LogP contribution in [0.2, 0.25) is 0 Å². The van der Waals surface area contributed by atoms with Crippen molar-refractivity contribution in [1.82, 2.24) is 0 Å². The first-order chi connectivity index (χ1) is 13.2. The molecule has 1 atom stereocenters. The van der Waals surface area contributed by atoms with Gasteiger partial charge >= 0.3 is 8.32 Å². The summed E-state index contributed by atoms with van der Waals surface area (Å²) in [6.45, 7) is 3.25. The summed E-state index contributed by atoms with van der Waals surface area (Å²) in [4.78, 5) is 0. The second-order valence-electron chi connectivity index (χ2n) is 6.31. The van der Waals surface area contributed by atoms with Crippen LogP contribution in [0.3, 0.4) is 0 Å². The smallest absolute Gasteiger partial charge is 0.386 e. The Labute approximate surface area is 164 Å². The van der Waals surface area contributed by atoms with E-state index < -0.39 is 8.32 Å². The normalized spacial score (nSPS) is 12.4. The number of hydrogen-bond donors (Lipinski definition) is 0. The predicted molar refractivity (Wildman–Crippen MR) is 115 cm³/mol. The average molecular weight is 375 g/mol. The largest absolute Gasteiger partial charge is 0.390 e. The summed E-state index contributed by atoms with van der Waals surface area (Å²) in [5.74, 6) is 0. The predicted octanol–water partition coefficient (Wildman–Crippen LogP) is 4.14. The Morgan fingerprint density at radius 1 is 0.963 bits per heavy atom. The molecule has 2 aromatic rings. The van der Waals surface area contributed by atoms with Crippen molar-refractivity contribution >= 4 is 13.5 Å². The average Bonchev–Trinajstić information content (AvgIpc) is 2.73. The van der Waals surface area contributed by atoms with Crippen molar-refractivity contribution in [2.45, 2.75) is 32.5 Å². The number of hydrogen-bond acceptors (Lipinski definition) is 2. The molecule has 0 spiro atoms. The molecule has 27 heavy (non-hydrogen) atoms. The zero-order valence-electron chi connectivity index (χ0n) is 15.8. The zero-order chi connectivity index (χ0) is 19.4. The van der Waals surface area contributed by atoms with E-state index in [1.807, 2.05) is 61.5 Å². The van der Waals surface area contributed by atoms with Crippen LogP contribution in [0.1, 0.15) is 25.3 Å². The van der Waals surface area contributed by atoms with Gasteiger partial charge in [-0.1, -0.05) is 83.9 Å². The SMILES string of the molecule is C#C[Si](C#C)(O[C@@H](C)CC/C=C/COCc1ccccc1)c1ccccc1. The van der Waals surface area contributed by atoms with Gasteiger partial charge in [0.15, 0.2) is 0 Å². The molecule has 0 radical (unpaired) electrons. The van der Waals surface area contributed by atoms with Gasteiger partial charge in [-0.2, -0.15) is 0 Å². The maximum atomic E-state index is 6.21. The second kappa shape index (κ2) is 11.2. The Bertz CT molecular complexity index is 771. The van der Waals surface area contributed by atoms with E-state index in [9.17, 15) is 0 Å². The van der Waals surface area contributed by atoms with E-state index in [0.717, 1.165) is 18.0 Å². The van der Waals surface area contributed by atoms with Crippen LogP contribution < -0.4 is 5.19 Å². The minimum absolute atomic E-state index is 0.00106. The van der Waals surface area contributed by atoms with Crippen molar-refractivity contribution in [3.8, 4) is 23.9 Å². The molecule has 3 heteroatoms. The van der Waals surface area contributed by atoms with Crippen LogP contribution in [-0.2, 0) is 15.8 Å². The highest BCUT2D eigenvalue weighted by Crippen LogP contribution is 2.12. The lowest BCUT2D eigenvalue weighted by Gasteiger charge is -2.25. The van der Waals surface area contributed by atoms with Crippen LogP contribution in [0.5, 0.6) is 0 Å². The maximum Gasteiger partial charge on any atom is 0.386 e. The molecule has 0 aliphatic carbocycles. The summed E-state index contributed by atoms with van der Waals surface area (Å²) in [7, 11) is -2.79.